The van der Waals surface area contributed by atoms with Gasteiger partial charge in [0.1, 0.15) is 6.10 Å². The molecule has 5 nitrogen and oxygen atoms in total. The first-order chi connectivity index (χ1) is 8.63. The van der Waals surface area contributed by atoms with Crippen molar-refractivity contribution in [3.05, 3.63) is 24.0 Å². The van der Waals surface area contributed by atoms with Gasteiger partial charge in [0.25, 0.3) is 0 Å². The molecule has 0 aliphatic carbocycles. The molecule has 0 saturated carbocycles. The largest absolute Gasteiger partial charge is 0.462 e. The molecule has 98 valence electrons. The second-order valence-corrected chi connectivity index (χ2v) is 4.75. The fourth-order valence-electron chi connectivity index (χ4n) is 2.02. The highest BCUT2D eigenvalue weighted by atomic mass is 16.5. The molecule has 1 saturated heterocycles. The van der Waals surface area contributed by atoms with Crippen LogP contribution >= 0.6 is 0 Å². The van der Waals surface area contributed by atoms with Crippen LogP contribution in [0.25, 0.3) is 0 Å². The number of carbonyl (C=O) groups excluding carboxylic acids is 1. The van der Waals surface area contributed by atoms with Gasteiger partial charge < -0.3 is 15.4 Å². The summed E-state index contributed by atoms with van der Waals surface area (Å²) in [6.45, 7) is 1.97. The zero-order valence-electron chi connectivity index (χ0n) is 10.6. The van der Waals surface area contributed by atoms with Gasteiger partial charge in [0.05, 0.1) is 24.0 Å². The normalized spacial score (nSPS) is 17.6. The molecule has 0 amide bonds. The molecule has 1 aliphatic heterocycles. The number of piperidine rings is 1. The Hall–Kier alpha value is -1.62. The molecule has 0 radical (unpaired) electrons. The second-order valence-electron chi connectivity index (χ2n) is 4.75. The molecule has 2 heterocycles. The Labute approximate surface area is 107 Å². The summed E-state index contributed by atoms with van der Waals surface area (Å²) in [4.78, 5) is 18.1. The van der Waals surface area contributed by atoms with E-state index in [1.165, 1.54) is 0 Å². The number of hydrogen-bond acceptors (Lipinski definition) is 5. The van der Waals surface area contributed by atoms with Crippen LogP contribution in [0.2, 0.25) is 0 Å². The van der Waals surface area contributed by atoms with Crippen LogP contribution in [-0.4, -0.2) is 42.1 Å². The van der Waals surface area contributed by atoms with Crippen molar-refractivity contribution < 1.29 is 9.53 Å². The van der Waals surface area contributed by atoms with E-state index in [1.54, 1.807) is 18.3 Å². The predicted molar refractivity (Wildman–Crippen MR) is 69.0 cm³/mol. The average molecular weight is 249 g/mol. The zero-order valence-corrected chi connectivity index (χ0v) is 10.6. The highest BCUT2D eigenvalue weighted by molar-refractivity contribution is 5.72. The summed E-state index contributed by atoms with van der Waals surface area (Å²) in [6.07, 6.45) is 3.65. The van der Waals surface area contributed by atoms with Gasteiger partial charge in [-0.05, 0) is 32.0 Å². The van der Waals surface area contributed by atoms with Crippen molar-refractivity contribution in [1.82, 2.24) is 9.88 Å². The van der Waals surface area contributed by atoms with Crippen molar-refractivity contribution >= 4 is 11.7 Å². The first kappa shape index (κ1) is 12.8. The SMILES string of the molecule is CN1CCC(OC(=O)Cc2ccc(N)cn2)CC1. The minimum atomic E-state index is -0.207. The van der Waals surface area contributed by atoms with Crippen LogP contribution in [0.15, 0.2) is 18.3 Å². The van der Waals surface area contributed by atoms with Crippen LogP contribution in [0.3, 0.4) is 0 Å². The molecule has 0 atom stereocenters. The molecule has 18 heavy (non-hydrogen) atoms. The molecule has 1 aromatic heterocycles. The first-order valence-electron chi connectivity index (χ1n) is 6.22. The summed E-state index contributed by atoms with van der Waals surface area (Å²) in [6, 6.07) is 3.50. The number of likely N-dealkylation sites (tertiary alicyclic amines) is 1. The molecule has 0 aromatic carbocycles. The lowest BCUT2D eigenvalue weighted by Gasteiger charge is -2.28. The van der Waals surface area contributed by atoms with Gasteiger partial charge in [0, 0.05) is 13.1 Å². The van der Waals surface area contributed by atoms with Gasteiger partial charge in [-0.15, -0.1) is 0 Å². The molecule has 0 bridgehead atoms. The first-order valence-corrected chi connectivity index (χ1v) is 6.22. The van der Waals surface area contributed by atoms with E-state index in [9.17, 15) is 4.79 Å². The number of carbonyl (C=O) groups is 1. The number of aromatic nitrogens is 1. The van der Waals surface area contributed by atoms with E-state index in [2.05, 4.69) is 16.9 Å². The lowest BCUT2D eigenvalue weighted by Crippen LogP contribution is -2.35. The van der Waals surface area contributed by atoms with Crippen molar-refractivity contribution in [2.24, 2.45) is 0 Å². The second kappa shape index (κ2) is 5.82. The third kappa shape index (κ3) is 3.70. The molecule has 1 aliphatic rings. The minimum absolute atomic E-state index is 0.0579. The number of hydrogen-bond donors (Lipinski definition) is 1. The molecule has 0 spiro atoms. The Morgan fingerprint density at radius 1 is 1.50 bits per heavy atom. The van der Waals surface area contributed by atoms with Crippen molar-refractivity contribution in [1.29, 1.82) is 0 Å². The van der Waals surface area contributed by atoms with E-state index < -0.39 is 0 Å². The van der Waals surface area contributed by atoms with Gasteiger partial charge in [0.2, 0.25) is 0 Å². The summed E-state index contributed by atoms with van der Waals surface area (Å²) in [5.74, 6) is -0.207. The summed E-state index contributed by atoms with van der Waals surface area (Å²) in [5.41, 5.74) is 6.83. The maximum absolute atomic E-state index is 11.7. The summed E-state index contributed by atoms with van der Waals surface area (Å²) < 4.78 is 5.44. The Kier molecular flexibility index (Phi) is 4.15. The van der Waals surface area contributed by atoms with Crippen molar-refractivity contribution in [2.45, 2.75) is 25.4 Å². The van der Waals surface area contributed by atoms with E-state index in [4.69, 9.17) is 10.5 Å². The Morgan fingerprint density at radius 3 is 2.83 bits per heavy atom. The average Bonchev–Trinajstić information content (AvgIpc) is 2.35. The van der Waals surface area contributed by atoms with Gasteiger partial charge in [0.15, 0.2) is 0 Å². The third-order valence-corrected chi connectivity index (χ3v) is 3.14. The molecular formula is C13H19N3O2. The smallest absolute Gasteiger partial charge is 0.312 e. The highest BCUT2D eigenvalue weighted by Gasteiger charge is 2.20. The molecule has 1 fully saturated rings. The van der Waals surface area contributed by atoms with Gasteiger partial charge in [-0.3, -0.25) is 9.78 Å². The fraction of sp³-hybridized carbons (Fsp3) is 0.538. The van der Waals surface area contributed by atoms with Gasteiger partial charge >= 0.3 is 5.97 Å². The number of pyridine rings is 1. The van der Waals surface area contributed by atoms with E-state index in [-0.39, 0.29) is 18.5 Å². The summed E-state index contributed by atoms with van der Waals surface area (Å²) in [7, 11) is 2.08. The number of ether oxygens (including phenoxy) is 1. The van der Waals surface area contributed by atoms with E-state index in [0.717, 1.165) is 25.9 Å². The number of nitrogens with two attached hydrogens (primary N) is 1. The van der Waals surface area contributed by atoms with E-state index >= 15 is 0 Å². The standard InChI is InChI=1S/C13H19N3O2/c1-16-6-4-12(5-7-16)18-13(17)8-11-3-2-10(14)9-15-11/h2-3,9,12H,4-8,14H2,1H3. The molecule has 0 unspecified atom stereocenters. The molecule has 5 heteroatoms. The van der Waals surface area contributed by atoms with Crippen LogP contribution < -0.4 is 5.73 Å². The quantitative estimate of drug-likeness (QED) is 0.804. The summed E-state index contributed by atoms with van der Waals surface area (Å²) >= 11 is 0. The van der Waals surface area contributed by atoms with Crippen LogP contribution in [0, 0.1) is 0 Å². The van der Waals surface area contributed by atoms with Crippen molar-refractivity contribution in [3.8, 4) is 0 Å². The van der Waals surface area contributed by atoms with Gasteiger partial charge in [-0.25, -0.2) is 0 Å². The van der Waals surface area contributed by atoms with E-state index in [1.807, 2.05) is 0 Å². The Bertz CT molecular complexity index is 397. The molecule has 2 rings (SSSR count). The topological polar surface area (TPSA) is 68.5 Å². The number of nitrogens with zero attached hydrogens (tertiary/aromatic N) is 2. The predicted octanol–water partition coefficient (Wildman–Crippen LogP) is 0.844. The lowest BCUT2D eigenvalue weighted by molar-refractivity contribution is -0.150. The van der Waals surface area contributed by atoms with Crippen LogP contribution in [0.4, 0.5) is 5.69 Å². The maximum atomic E-state index is 11.7. The number of rotatable bonds is 3. The van der Waals surface area contributed by atoms with Crippen LogP contribution in [0.5, 0.6) is 0 Å². The maximum Gasteiger partial charge on any atom is 0.312 e. The Morgan fingerprint density at radius 2 is 2.22 bits per heavy atom. The third-order valence-electron chi connectivity index (χ3n) is 3.14. The number of anilines is 1. The fourth-order valence-corrected chi connectivity index (χ4v) is 2.02. The van der Waals surface area contributed by atoms with Crippen molar-refractivity contribution in [2.75, 3.05) is 25.9 Å². The minimum Gasteiger partial charge on any atom is -0.462 e. The highest BCUT2D eigenvalue weighted by Crippen LogP contribution is 2.13. The van der Waals surface area contributed by atoms with Crippen LogP contribution in [-0.2, 0) is 16.0 Å². The molecular weight excluding hydrogens is 230 g/mol. The lowest BCUT2D eigenvalue weighted by atomic mass is 10.1. The van der Waals surface area contributed by atoms with E-state index in [0.29, 0.717) is 11.4 Å². The number of nitrogen functional groups attached to an aromatic ring is 1. The Balaban J connectivity index is 1.80. The zero-order chi connectivity index (χ0) is 13.0. The van der Waals surface area contributed by atoms with Crippen molar-refractivity contribution in [3.63, 3.8) is 0 Å². The molecule has 1 aromatic rings. The number of esters is 1. The van der Waals surface area contributed by atoms with Gasteiger partial charge in [-0.2, -0.15) is 0 Å². The summed E-state index contributed by atoms with van der Waals surface area (Å²) in [5, 5.41) is 0. The monoisotopic (exact) mass is 249 g/mol. The molecule has 2 N–H and O–H groups in total. The van der Waals surface area contributed by atoms with Crippen LogP contribution in [0.1, 0.15) is 18.5 Å². The van der Waals surface area contributed by atoms with Gasteiger partial charge in [-0.1, -0.05) is 0 Å².